The van der Waals surface area contributed by atoms with Crippen LogP contribution in [0.5, 0.6) is 0 Å². The van der Waals surface area contributed by atoms with Crippen LogP contribution in [0.4, 0.5) is 0 Å². The number of hydrogen-bond donors (Lipinski definition) is 0. The SMILES string of the molecule is C=COCC(COC)(COC)COCCOC(C)(C)C. The molecule has 5 heteroatoms. The molecule has 5 nitrogen and oxygen atoms in total. The average molecular weight is 290 g/mol. The number of ether oxygens (including phenoxy) is 5. The van der Waals surface area contributed by atoms with E-state index in [9.17, 15) is 0 Å². The van der Waals surface area contributed by atoms with Crippen LogP contribution in [0.15, 0.2) is 12.8 Å². The third-order valence-corrected chi connectivity index (χ3v) is 2.58. The Balaban J connectivity index is 4.22. The van der Waals surface area contributed by atoms with Gasteiger partial charge in [0.2, 0.25) is 0 Å². The smallest absolute Gasteiger partial charge is 0.0995 e. The largest absolute Gasteiger partial charge is 0.501 e. The van der Waals surface area contributed by atoms with Gasteiger partial charge >= 0.3 is 0 Å². The van der Waals surface area contributed by atoms with Crippen molar-refractivity contribution in [3.05, 3.63) is 12.8 Å². The van der Waals surface area contributed by atoms with E-state index >= 15 is 0 Å². The zero-order valence-corrected chi connectivity index (χ0v) is 13.6. The van der Waals surface area contributed by atoms with Crippen molar-refractivity contribution < 1.29 is 23.7 Å². The predicted octanol–water partition coefficient (Wildman–Crippen LogP) is 2.26. The lowest BCUT2D eigenvalue weighted by molar-refractivity contribution is -0.0950. The van der Waals surface area contributed by atoms with Gasteiger partial charge in [0.25, 0.3) is 0 Å². The summed E-state index contributed by atoms with van der Waals surface area (Å²) in [5.41, 5.74) is -0.481. The van der Waals surface area contributed by atoms with Crippen molar-refractivity contribution in [2.75, 3.05) is 53.9 Å². The molecule has 0 radical (unpaired) electrons. The summed E-state index contributed by atoms with van der Waals surface area (Å²) in [5.74, 6) is 0. The van der Waals surface area contributed by atoms with Gasteiger partial charge < -0.3 is 23.7 Å². The van der Waals surface area contributed by atoms with Crippen molar-refractivity contribution in [3.8, 4) is 0 Å². The molecule has 0 fully saturated rings. The van der Waals surface area contributed by atoms with E-state index in [0.717, 1.165) is 0 Å². The van der Waals surface area contributed by atoms with Crippen LogP contribution in [0, 0.1) is 5.41 Å². The van der Waals surface area contributed by atoms with E-state index < -0.39 is 0 Å². The molecule has 0 rings (SSSR count). The molecular formula is C15H30O5. The zero-order chi connectivity index (χ0) is 15.5. The maximum absolute atomic E-state index is 5.70. The lowest BCUT2D eigenvalue weighted by atomic mass is 9.92. The molecule has 0 spiro atoms. The van der Waals surface area contributed by atoms with Crippen LogP contribution < -0.4 is 0 Å². The lowest BCUT2D eigenvalue weighted by Gasteiger charge is -2.31. The Morgan fingerprint density at radius 1 is 0.900 bits per heavy atom. The first-order valence-corrected chi connectivity index (χ1v) is 6.81. The van der Waals surface area contributed by atoms with E-state index in [1.54, 1.807) is 14.2 Å². The van der Waals surface area contributed by atoms with Crippen LogP contribution in [0.1, 0.15) is 20.8 Å². The third-order valence-electron chi connectivity index (χ3n) is 2.58. The molecule has 0 bridgehead atoms. The molecule has 0 atom stereocenters. The molecule has 0 heterocycles. The Bertz CT molecular complexity index is 241. The van der Waals surface area contributed by atoms with Gasteiger partial charge in [-0.25, -0.2) is 0 Å². The number of rotatable bonds is 12. The molecule has 0 unspecified atom stereocenters. The van der Waals surface area contributed by atoms with Gasteiger partial charge in [-0.15, -0.1) is 0 Å². The first-order valence-electron chi connectivity index (χ1n) is 6.81. The molecule has 0 aromatic carbocycles. The first-order chi connectivity index (χ1) is 9.39. The summed E-state index contributed by atoms with van der Waals surface area (Å²) >= 11 is 0. The van der Waals surface area contributed by atoms with Gasteiger partial charge in [0.15, 0.2) is 0 Å². The molecule has 0 aromatic rings. The minimum atomic E-state index is -0.334. The molecule has 0 saturated heterocycles. The minimum Gasteiger partial charge on any atom is -0.501 e. The van der Waals surface area contributed by atoms with Crippen molar-refractivity contribution in [1.82, 2.24) is 0 Å². The Hall–Kier alpha value is -0.620. The molecule has 0 aromatic heterocycles. The average Bonchev–Trinajstić information content (AvgIpc) is 2.35. The summed E-state index contributed by atoms with van der Waals surface area (Å²) < 4.78 is 27.1. The molecule has 0 N–H and O–H groups in total. The molecular weight excluding hydrogens is 260 g/mol. The fourth-order valence-electron chi connectivity index (χ4n) is 1.79. The van der Waals surface area contributed by atoms with E-state index in [2.05, 4.69) is 6.58 Å². The summed E-state index contributed by atoms with van der Waals surface area (Å²) in [4.78, 5) is 0. The summed E-state index contributed by atoms with van der Waals surface area (Å²) in [5, 5.41) is 0. The van der Waals surface area contributed by atoms with Crippen LogP contribution in [-0.4, -0.2) is 59.5 Å². The van der Waals surface area contributed by atoms with E-state index in [0.29, 0.717) is 39.6 Å². The van der Waals surface area contributed by atoms with E-state index in [1.807, 2.05) is 20.8 Å². The lowest BCUT2D eigenvalue weighted by Crippen LogP contribution is -2.41. The van der Waals surface area contributed by atoms with Gasteiger partial charge in [-0.1, -0.05) is 6.58 Å². The Labute approximate surface area is 123 Å². The first kappa shape index (κ1) is 19.4. The monoisotopic (exact) mass is 290 g/mol. The van der Waals surface area contributed by atoms with Gasteiger partial charge in [0.05, 0.1) is 56.9 Å². The second-order valence-corrected chi connectivity index (χ2v) is 5.86. The highest BCUT2D eigenvalue weighted by atomic mass is 16.5. The van der Waals surface area contributed by atoms with Crippen LogP contribution >= 0.6 is 0 Å². The fourth-order valence-corrected chi connectivity index (χ4v) is 1.79. The quantitative estimate of drug-likeness (QED) is 0.407. The van der Waals surface area contributed by atoms with Crippen molar-refractivity contribution >= 4 is 0 Å². The second-order valence-electron chi connectivity index (χ2n) is 5.86. The normalized spacial score (nSPS) is 12.4. The molecule has 0 saturated carbocycles. The summed E-state index contributed by atoms with van der Waals surface area (Å²) in [7, 11) is 3.31. The highest BCUT2D eigenvalue weighted by molar-refractivity contribution is 4.80. The van der Waals surface area contributed by atoms with Crippen molar-refractivity contribution in [1.29, 1.82) is 0 Å². The van der Waals surface area contributed by atoms with Crippen molar-refractivity contribution in [2.24, 2.45) is 5.41 Å². The van der Waals surface area contributed by atoms with E-state index in [-0.39, 0.29) is 11.0 Å². The molecule has 20 heavy (non-hydrogen) atoms. The second kappa shape index (κ2) is 10.2. The van der Waals surface area contributed by atoms with Gasteiger partial charge in [0, 0.05) is 14.2 Å². The molecule has 0 aliphatic rings. The zero-order valence-electron chi connectivity index (χ0n) is 13.6. The van der Waals surface area contributed by atoms with Gasteiger partial charge in [-0.2, -0.15) is 0 Å². The van der Waals surface area contributed by atoms with Gasteiger partial charge in [-0.3, -0.25) is 0 Å². The number of methoxy groups -OCH3 is 2. The maximum atomic E-state index is 5.70. The number of hydrogen-bond acceptors (Lipinski definition) is 5. The molecule has 120 valence electrons. The highest BCUT2D eigenvalue weighted by Gasteiger charge is 2.32. The Kier molecular flexibility index (Phi) is 9.84. The Morgan fingerprint density at radius 3 is 1.95 bits per heavy atom. The van der Waals surface area contributed by atoms with Gasteiger partial charge in [0.1, 0.15) is 0 Å². The van der Waals surface area contributed by atoms with Crippen molar-refractivity contribution in [2.45, 2.75) is 26.4 Å². The van der Waals surface area contributed by atoms with E-state index in [4.69, 9.17) is 23.7 Å². The summed E-state index contributed by atoms with van der Waals surface area (Å²) in [6.07, 6.45) is 1.42. The van der Waals surface area contributed by atoms with E-state index in [1.165, 1.54) is 6.26 Å². The highest BCUT2D eigenvalue weighted by Crippen LogP contribution is 2.20. The topological polar surface area (TPSA) is 46.2 Å². The third kappa shape index (κ3) is 9.31. The van der Waals surface area contributed by atoms with Gasteiger partial charge in [-0.05, 0) is 20.8 Å². The van der Waals surface area contributed by atoms with Crippen LogP contribution in [-0.2, 0) is 23.7 Å². The fraction of sp³-hybridized carbons (Fsp3) is 0.867. The van der Waals surface area contributed by atoms with Crippen molar-refractivity contribution in [3.63, 3.8) is 0 Å². The van der Waals surface area contributed by atoms with Crippen LogP contribution in [0.25, 0.3) is 0 Å². The summed E-state index contributed by atoms with van der Waals surface area (Å²) in [6.45, 7) is 12.6. The molecule has 0 aliphatic carbocycles. The molecule has 0 aliphatic heterocycles. The summed E-state index contributed by atoms with van der Waals surface area (Å²) in [6, 6.07) is 0. The van der Waals surface area contributed by atoms with Crippen LogP contribution in [0.3, 0.4) is 0 Å². The predicted molar refractivity (Wildman–Crippen MR) is 78.9 cm³/mol. The molecule has 0 amide bonds. The maximum Gasteiger partial charge on any atom is 0.0995 e. The minimum absolute atomic E-state index is 0.147. The Morgan fingerprint density at radius 2 is 1.50 bits per heavy atom. The standard InChI is InChI=1S/C15H30O5/c1-7-18-12-15(10-16-5,11-17-6)13-19-8-9-20-14(2,3)4/h7H,1,8-13H2,2-6H3. The van der Waals surface area contributed by atoms with Crippen LogP contribution in [0.2, 0.25) is 0 Å².